The van der Waals surface area contributed by atoms with Crippen LogP contribution in [0.2, 0.25) is 0 Å². The van der Waals surface area contributed by atoms with Gasteiger partial charge in [-0.05, 0) is 36.8 Å². The second-order valence-electron chi connectivity index (χ2n) is 3.86. The van der Waals surface area contributed by atoms with Crippen LogP contribution in [-0.2, 0) is 0 Å². The van der Waals surface area contributed by atoms with Crippen molar-refractivity contribution >= 4 is 19.6 Å². The molecule has 0 saturated heterocycles. The molecule has 18 heavy (non-hydrogen) atoms. The van der Waals surface area contributed by atoms with E-state index < -0.39 is 0 Å². The van der Waals surface area contributed by atoms with Gasteiger partial charge in [0.25, 0.3) is 0 Å². The lowest BCUT2D eigenvalue weighted by molar-refractivity contribution is 0.453. The number of aliphatic imine (C=N–C) groups is 1. The van der Waals surface area contributed by atoms with E-state index in [2.05, 4.69) is 4.99 Å². The van der Waals surface area contributed by atoms with Crippen LogP contribution in [0.1, 0.15) is 11.1 Å². The number of rotatable bonds is 4. The van der Waals surface area contributed by atoms with Crippen molar-refractivity contribution in [3.05, 3.63) is 59.7 Å². The standard InChI is InChI=1S/C14H13BNO2/c1-11-5-4-7-13(9-11)16-10-12-6-2-3-8-14(12)18-15-17/h2-10,17H,1H3. The van der Waals surface area contributed by atoms with Gasteiger partial charge in [-0.3, -0.25) is 4.99 Å². The zero-order chi connectivity index (χ0) is 12.8. The molecule has 0 amide bonds. The summed E-state index contributed by atoms with van der Waals surface area (Å²) in [6.07, 6.45) is 1.72. The van der Waals surface area contributed by atoms with Gasteiger partial charge in [0.05, 0.1) is 5.69 Å². The van der Waals surface area contributed by atoms with E-state index >= 15 is 0 Å². The van der Waals surface area contributed by atoms with Crippen molar-refractivity contribution in [3.8, 4) is 5.75 Å². The molecule has 0 aliphatic heterocycles. The van der Waals surface area contributed by atoms with Gasteiger partial charge in [-0.15, -0.1) is 0 Å². The number of para-hydroxylation sites is 1. The largest absolute Gasteiger partial charge is 0.569 e. The van der Waals surface area contributed by atoms with Gasteiger partial charge < -0.3 is 9.68 Å². The van der Waals surface area contributed by atoms with Crippen LogP contribution >= 0.6 is 0 Å². The van der Waals surface area contributed by atoms with Crippen molar-refractivity contribution in [1.82, 2.24) is 0 Å². The third kappa shape index (κ3) is 3.21. The SMILES string of the molecule is Cc1cccc(N=Cc2ccccc2O[B]O)c1. The first kappa shape index (κ1) is 12.4. The van der Waals surface area contributed by atoms with E-state index in [4.69, 9.17) is 9.68 Å². The monoisotopic (exact) mass is 238 g/mol. The topological polar surface area (TPSA) is 41.8 Å². The Morgan fingerprint density at radius 1 is 1.17 bits per heavy atom. The number of hydrogen-bond acceptors (Lipinski definition) is 3. The van der Waals surface area contributed by atoms with Crippen LogP contribution in [0.25, 0.3) is 0 Å². The van der Waals surface area contributed by atoms with Crippen LogP contribution < -0.4 is 4.65 Å². The molecule has 2 aromatic carbocycles. The van der Waals surface area contributed by atoms with E-state index in [-0.39, 0.29) is 0 Å². The molecule has 0 atom stereocenters. The zero-order valence-electron chi connectivity index (χ0n) is 10.1. The first-order valence-electron chi connectivity index (χ1n) is 5.62. The average molecular weight is 238 g/mol. The van der Waals surface area contributed by atoms with Crippen LogP contribution in [0.3, 0.4) is 0 Å². The third-order valence-electron chi connectivity index (χ3n) is 2.45. The minimum Gasteiger partial charge on any atom is -0.537 e. The number of hydrogen-bond donors (Lipinski definition) is 1. The summed E-state index contributed by atoms with van der Waals surface area (Å²) in [6, 6.07) is 15.3. The van der Waals surface area contributed by atoms with Crippen molar-refractivity contribution in [2.45, 2.75) is 6.92 Å². The van der Waals surface area contributed by atoms with Crippen LogP contribution in [-0.4, -0.2) is 18.9 Å². The first-order chi connectivity index (χ1) is 8.79. The predicted octanol–water partition coefficient (Wildman–Crippen LogP) is 2.65. The molecule has 1 N–H and O–H groups in total. The van der Waals surface area contributed by atoms with Crippen molar-refractivity contribution in [2.24, 2.45) is 4.99 Å². The fraction of sp³-hybridized carbons (Fsp3) is 0.0714. The van der Waals surface area contributed by atoms with Crippen LogP contribution in [0.5, 0.6) is 5.75 Å². The first-order valence-corrected chi connectivity index (χ1v) is 5.62. The Balaban J connectivity index is 2.23. The lowest BCUT2D eigenvalue weighted by atomic mass is 10.2. The maximum Gasteiger partial charge on any atom is 0.569 e. The number of benzene rings is 2. The van der Waals surface area contributed by atoms with Gasteiger partial charge in [-0.1, -0.05) is 24.3 Å². The summed E-state index contributed by atoms with van der Waals surface area (Å²) in [7, 11) is 0.666. The molecule has 0 bridgehead atoms. The number of aryl methyl sites for hydroxylation is 1. The van der Waals surface area contributed by atoms with E-state index in [0.29, 0.717) is 13.4 Å². The summed E-state index contributed by atoms with van der Waals surface area (Å²) in [6.45, 7) is 2.02. The fourth-order valence-corrected chi connectivity index (χ4v) is 1.60. The molecule has 2 aromatic rings. The summed E-state index contributed by atoms with van der Waals surface area (Å²) in [5.41, 5.74) is 2.86. The minimum atomic E-state index is 0.566. The molecule has 0 aliphatic rings. The van der Waals surface area contributed by atoms with Crippen molar-refractivity contribution in [3.63, 3.8) is 0 Å². The zero-order valence-corrected chi connectivity index (χ0v) is 10.1. The molecule has 0 spiro atoms. The molecule has 4 heteroatoms. The summed E-state index contributed by atoms with van der Waals surface area (Å²) in [4.78, 5) is 4.38. The highest BCUT2D eigenvalue weighted by Crippen LogP contribution is 2.18. The van der Waals surface area contributed by atoms with Gasteiger partial charge in [0.15, 0.2) is 0 Å². The van der Waals surface area contributed by atoms with Crippen LogP contribution in [0, 0.1) is 6.92 Å². The Labute approximate surface area is 107 Å². The quantitative estimate of drug-likeness (QED) is 0.657. The molecular weight excluding hydrogens is 225 g/mol. The Hall–Kier alpha value is -2.07. The molecule has 0 fully saturated rings. The Kier molecular flexibility index (Phi) is 4.15. The third-order valence-corrected chi connectivity index (χ3v) is 2.45. The lowest BCUT2D eigenvalue weighted by Crippen LogP contribution is -2.02. The van der Waals surface area contributed by atoms with Crippen molar-refractivity contribution in [1.29, 1.82) is 0 Å². The molecule has 2 rings (SSSR count). The predicted molar refractivity (Wildman–Crippen MR) is 73.5 cm³/mol. The van der Waals surface area contributed by atoms with Gasteiger partial charge in [0, 0.05) is 11.8 Å². The van der Waals surface area contributed by atoms with Crippen molar-refractivity contribution in [2.75, 3.05) is 0 Å². The highest BCUT2D eigenvalue weighted by atomic mass is 16.5. The fourth-order valence-electron chi connectivity index (χ4n) is 1.60. The molecule has 1 radical (unpaired) electrons. The van der Waals surface area contributed by atoms with Gasteiger partial charge in [-0.25, -0.2) is 0 Å². The normalized spacial score (nSPS) is 10.6. The number of nitrogens with zero attached hydrogens (tertiary/aromatic N) is 1. The molecule has 89 valence electrons. The second kappa shape index (κ2) is 6.03. The molecule has 3 nitrogen and oxygen atoms in total. The maximum absolute atomic E-state index is 8.67. The summed E-state index contributed by atoms with van der Waals surface area (Å²) < 4.78 is 4.99. The van der Waals surface area contributed by atoms with Gasteiger partial charge in [0.1, 0.15) is 5.75 Å². The second-order valence-corrected chi connectivity index (χ2v) is 3.86. The Bertz CT molecular complexity index is 555. The van der Waals surface area contributed by atoms with E-state index in [1.54, 1.807) is 12.3 Å². The van der Waals surface area contributed by atoms with Crippen LogP contribution in [0.15, 0.2) is 53.5 Å². The van der Waals surface area contributed by atoms with E-state index in [0.717, 1.165) is 16.8 Å². The maximum atomic E-state index is 8.67. The van der Waals surface area contributed by atoms with E-state index in [1.807, 2.05) is 49.4 Å². The molecule has 0 saturated carbocycles. The van der Waals surface area contributed by atoms with Crippen molar-refractivity contribution < 1.29 is 9.68 Å². The van der Waals surface area contributed by atoms with E-state index in [1.165, 1.54) is 0 Å². The Morgan fingerprint density at radius 3 is 2.78 bits per heavy atom. The lowest BCUT2D eigenvalue weighted by Gasteiger charge is -2.04. The Morgan fingerprint density at radius 2 is 2.00 bits per heavy atom. The molecule has 0 aliphatic carbocycles. The summed E-state index contributed by atoms with van der Waals surface area (Å²) in [5, 5.41) is 8.67. The highest BCUT2D eigenvalue weighted by Gasteiger charge is 2.00. The molecule has 0 unspecified atom stereocenters. The van der Waals surface area contributed by atoms with Gasteiger partial charge in [0.2, 0.25) is 0 Å². The molecular formula is C14H13BNO2. The minimum absolute atomic E-state index is 0.566. The van der Waals surface area contributed by atoms with Crippen LogP contribution in [0.4, 0.5) is 5.69 Å². The molecule has 0 aromatic heterocycles. The van der Waals surface area contributed by atoms with Gasteiger partial charge >= 0.3 is 7.69 Å². The summed E-state index contributed by atoms with van der Waals surface area (Å²) in [5.74, 6) is 0.566. The average Bonchev–Trinajstić information content (AvgIpc) is 2.38. The van der Waals surface area contributed by atoms with Gasteiger partial charge in [-0.2, -0.15) is 0 Å². The molecule has 0 heterocycles. The van der Waals surface area contributed by atoms with E-state index in [9.17, 15) is 0 Å². The smallest absolute Gasteiger partial charge is 0.537 e. The summed E-state index contributed by atoms with van der Waals surface area (Å²) >= 11 is 0. The highest BCUT2D eigenvalue weighted by molar-refractivity contribution is 6.17.